The molecule has 1 heterocycles. The zero-order valence-electron chi connectivity index (χ0n) is 16.7. The number of hydrogen-bond acceptors (Lipinski definition) is 7. The Hall–Kier alpha value is -1.51. The number of esters is 1. The van der Waals surface area contributed by atoms with Crippen molar-refractivity contribution >= 4 is 36.0 Å². The van der Waals surface area contributed by atoms with Crippen molar-refractivity contribution in [1.29, 1.82) is 0 Å². The molecule has 1 aliphatic heterocycles. The average Bonchev–Trinajstić information content (AvgIpc) is 3.02. The van der Waals surface area contributed by atoms with Crippen LogP contribution < -0.4 is 11.1 Å². The molecule has 0 radical (unpaired) electrons. The fourth-order valence-electron chi connectivity index (χ4n) is 3.15. The molecule has 156 valence electrons. The number of nitrogens with zero attached hydrogens (tertiary/aromatic N) is 1. The molecule has 27 heavy (non-hydrogen) atoms. The maximum Gasteiger partial charge on any atom is 0.376 e. The number of likely N-dealkylation sites (tertiary alicyclic amines) is 1. The van der Waals surface area contributed by atoms with E-state index in [9.17, 15) is 19.2 Å². The molecule has 0 spiro atoms. The van der Waals surface area contributed by atoms with Crippen LogP contribution >= 0.6 is 12.4 Å². The zero-order valence-corrected chi connectivity index (χ0v) is 17.5. The van der Waals surface area contributed by atoms with Gasteiger partial charge in [-0.1, -0.05) is 27.7 Å². The Kier molecular flexibility index (Phi) is 10.7. The first-order valence-corrected chi connectivity index (χ1v) is 9.18. The van der Waals surface area contributed by atoms with Crippen molar-refractivity contribution in [3.8, 4) is 0 Å². The van der Waals surface area contributed by atoms with E-state index in [-0.39, 0.29) is 30.8 Å². The van der Waals surface area contributed by atoms with Crippen molar-refractivity contribution in [2.24, 2.45) is 17.6 Å². The molecule has 0 aromatic rings. The molecule has 1 fully saturated rings. The van der Waals surface area contributed by atoms with E-state index in [0.717, 1.165) is 0 Å². The molecule has 0 saturated carbocycles. The Morgan fingerprint density at radius 1 is 1.15 bits per heavy atom. The van der Waals surface area contributed by atoms with Gasteiger partial charge in [-0.25, -0.2) is 4.79 Å². The minimum Gasteiger partial charge on any atom is -0.460 e. The highest BCUT2D eigenvalue weighted by atomic mass is 35.5. The predicted octanol–water partition coefficient (Wildman–Crippen LogP) is 0.656. The molecular formula is C18H32ClN3O5. The summed E-state index contributed by atoms with van der Waals surface area (Å²) in [5.41, 5.74) is 5.78. The molecule has 9 heteroatoms. The van der Waals surface area contributed by atoms with Crippen molar-refractivity contribution in [3.05, 3.63) is 0 Å². The van der Waals surface area contributed by atoms with Gasteiger partial charge in [-0.2, -0.15) is 0 Å². The summed E-state index contributed by atoms with van der Waals surface area (Å²) >= 11 is 0. The smallest absolute Gasteiger partial charge is 0.376 e. The monoisotopic (exact) mass is 405 g/mol. The van der Waals surface area contributed by atoms with E-state index in [2.05, 4.69) is 5.32 Å². The van der Waals surface area contributed by atoms with Crippen LogP contribution in [0.4, 0.5) is 0 Å². The second kappa shape index (κ2) is 11.4. The van der Waals surface area contributed by atoms with Gasteiger partial charge in [0.05, 0.1) is 24.7 Å². The van der Waals surface area contributed by atoms with Gasteiger partial charge in [-0.15, -0.1) is 12.4 Å². The number of nitrogens with two attached hydrogens (primary N) is 1. The summed E-state index contributed by atoms with van der Waals surface area (Å²) in [7, 11) is 0. The molecule has 0 aromatic carbocycles. The van der Waals surface area contributed by atoms with Gasteiger partial charge in [0, 0.05) is 0 Å². The van der Waals surface area contributed by atoms with Crippen molar-refractivity contribution in [1.82, 2.24) is 10.2 Å². The van der Waals surface area contributed by atoms with Crippen LogP contribution in [-0.2, 0) is 23.9 Å². The number of rotatable bonds is 8. The van der Waals surface area contributed by atoms with E-state index in [1.165, 1.54) is 0 Å². The van der Waals surface area contributed by atoms with Gasteiger partial charge in [0.25, 0.3) is 5.78 Å². The number of hydrogen-bond donors (Lipinski definition) is 2. The maximum absolute atomic E-state index is 12.6. The molecule has 2 amide bonds. The number of carbonyl (C=O) groups is 4. The van der Waals surface area contributed by atoms with E-state index in [1.54, 1.807) is 25.7 Å². The number of halogens is 1. The van der Waals surface area contributed by atoms with Gasteiger partial charge in [0.2, 0.25) is 11.8 Å². The number of ketones is 1. The van der Waals surface area contributed by atoms with Crippen LogP contribution in [0.5, 0.6) is 0 Å². The molecule has 1 rings (SSSR count). The molecule has 1 aliphatic rings. The van der Waals surface area contributed by atoms with E-state index in [4.69, 9.17) is 10.5 Å². The first-order chi connectivity index (χ1) is 12.1. The van der Waals surface area contributed by atoms with Crippen LogP contribution in [0.3, 0.4) is 0 Å². The Morgan fingerprint density at radius 3 is 2.22 bits per heavy atom. The van der Waals surface area contributed by atoms with Gasteiger partial charge < -0.3 is 10.5 Å². The second-order valence-corrected chi connectivity index (χ2v) is 7.29. The van der Waals surface area contributed by atoms with Crippen molar-refractivity contribution in [2.45, 2.75) is 65.6 Å². The molecule has 8 nitrogen and oxygen atoms in total. The van der Waals surface area contributed by atoms with Gasteiger partial charge in [0.15, 0.2) is 0 Å². The highest BCUT2D eigenvalue weighted by Crippen LogP contribution is 2.25. The molecule has 3 atom stereocenters. The first kappa shape index (κ1) is 25.5. The molecule has 1 saturated heterocycles. The van der Waals surface area contributed by atoms with Gasteiger partial charge in [-0.3, -0.25) is 24.6 Å². The minimum atomic E-state index is -0.893. The lowest BCUT2D eigenvalue weighted by molar-refractivity contribution is -0.157. The van der Waals surface area contributed by atoms with E-state index in [0.29, 0.717) is 19.4 Å². The van der Waals surface area contributed by atoms with Gasteiger partial charge in [0.1, 0.15) is 0 Å². The number of nitrogens with one attached hydrogen (secondary N) is 1. The number of imide groups is 1. The number of amides is 2. The van der Waals surface area contributed by atoms with Crippen LogP contribution in [0.15, 0.2) is 0 Å². The van der Waals surface area contributed by atoms with Crippen LogP contribution in [0.2, 0.25) is 0 Å². The van der Waals surface area contributed by atoms with Crippen LogP contribution in [0, 0.1) is 11.8 Å². The average molecular weight is 406 g/mol. The lowest BCUT2D eigenvalue weighted by Gasteiger charge is -2.33. The summed E-state index contributed by atoms with van der Waals surface area (Å²) in [4.78, 5) is 50.8. The maximum atomic E-state index is 12.6. The third-order valence-electron chi connectivity index (χ3n) is 4.60. The summed E-state index contributed by atoms with van der Waals surface area (Å²) in [6, 6.07) is -2.19. The Labute approximate surface area is 166 Å². The van der Waals surface area contributed by atoms with Crippen LogP contribution in [0.1, 0.15) is 47.5 Å². The predicted molar refractivity (Wildman–Crippen MR) is 103 cm³/mol. The standard InChI is InChI=1S/C18H31N3O5.ClH/c1-6-26-18(25)15(22)14(11(4)5)21-9-7-8-12(21)16(23)20-17(24)13(19)10(2)3;/h10-14H,6-9,19H2,1-5H3,(H,20,23,24);1H/t12-,13-,14?;/m0./s1. The SMILES string of the molecule is CCOC(=O)C(=O)C(C(C)C)N1CCC[C@H]1C(=O)NC(=O)[C@@H](N)C(C)C.Cl. The minimum absolute atomic E-state index is 0. The van der Waals surface area contributed by atoms with Crippen LogP contribution in [0.25, 0.3) is 0 Å². The van der Waals surface area contributed by atoms with Gasteiger partial charge >= 0.3 is 5.97 Å². The summed E-state index contributed by atoms with van der Waals surface area (Å²) in [6.45, 7) is 9.46. The van der Waals surface area contributed by atoms with Gasteiger partial charge in [-0.05, 0) is 38.1 Å². The summed E-state index contributed by atoms with van der Waals surface area (Å²) < 4.78 is 4.83. The molecular weight excluding hydrogens is 374 g/mol. The first-order valence-electron chi connectivity index (χ1n) is 9.18. The normalized spacial score (nSPS) is 19.3. The fraction of sp³-hybridized carbons (Fsp3) is 0.778. The fourth-order valence-corrected chi connectivity index (χ4v) is 3.15. The van der Waals surface area contributed by atoms with Crippen molar-refractivity contribution in [3.63, 3.8) is 0 Å². The zero-order chi connectivity index (χ0) is 20.0. The number of Topliss-reactive ketones (excluding diaryl/α,β-unsaturated/α-hetero) is 1. The molecule has 0 bridgehead atoms. The lowest BCUT2D eigenvalue weighted by atomic mass is 9.96. The molecule has 0 aliphatic carbocycles. The topological polar surface area (TPSA) is 119 Å². The Morgan fingerprint density at radius 2 is 1.74 bits per heavy atom. The summed E-state index contributed by atoms with van der Waals surface area (Å²) in [5, 5.41) is 2.35. The third-order valence-corrected chi connectivity index (χ3v) is 4.60. The largest absolute Gasteiger partial charge is 0.460 e. The van der Waals surface area contributed by atoms with E-state index in [1.807, 2.05) is 13.8 Å². The summed E-state index contributed by atoms with van der Waals surface area (Å²) in [5.74, 6) is -2.85. The van der Waals surface area contributed by atoms with Crippen molar-refractivity contribution in [2.75, 3.05) is 13.2 Å². The Bertz CT molecular complexity index is 553. The molecule has 1 unspecified atom stereocenters. The third kappa shape index (κ3) is 6.55. The molecule has 3 N–H and O–H groups in total. The summed E-state index contributed by atoms with van der Waals surface area (Å²) in [6.07, 6.45) is 1.21. The van der Waals surface area contributed by atoms with E-state index >= 15 is 0 Å². The highest BCUT2D eigenvalue weighted by molar-refractivity contribution is 6.35. The van der Waals surface area contributed by atoms with Crippen LogP contribution in [-0.4, -0.2) is 59.7 Å². The number of ether oxygens (including phenoxy) is 1. The highest BCUT2D eigenvalue weighted by Gasteiger charge is 2.42. The lowest BCUT2D eigenvalue weighted by Crippen LogP contribution is -2.56. The second-order valence-electron chi connectivity index (χ2n) is 7.29. The van der Waals surface area contributed by atoms with Crippen molar-refractivity contribution < 1.29 is 23.9 Å². The Balaban J connectivity index is 0.00000676. The van der Waals surface area contributed by atoms with E-state index < -0.39 is 41.7 Å². The molecule has 0 aromatic heterocycles. The number of carbonyl (C=O) groups excluding carboxylic acids is 4. The quantitative estimate of drug-likeness (QED) is 0.449.